The summed E-state index contributed by atoms with van der Waals surface area (Å²) in [4.78, 5) is 10.8. The van der Waals surface area contributed by atoms with Crippen LogP contribution in [0, 0.1) is 0 Å². The lowest BCUT2D eigenvalue weighted by Gasteiger charge is -2.02. The predicted octanol–water partition coefficient (Wildman–Crippen LogP) is 1.96. The van der Waals surface area contributed by atoms with E-state index in [0.29, 0.717) is 5.56 Å². The van der Waals surface area contributed by atoms with E-state index in [1.54, 1.807) is 18.5 Å². The monoisotopic (exact) mass is 184 g/mol. The van der Waals surface area contributed by atoms with Crippen LogP contribution in [-0.2, 0) is 0 Å². The van der Waals surface area contributed by atoms with Crippen LogP contribution in [0.2, 0.25) is 0 Å². The van der Waals surface area contributed by atoms with Gasteiger partial charge in [-0.25, -0.2) is 0 Å². The summed E-state index contributed by atoms with van der Waals surface area (Å²) < 4.78 is 0. The van der Waals surface area contributed by atoms with E-state index in [0.717, 1.165) is 17.4 Å². The average Bonchev–Trinajstić information content (AvgIpc) is 2.30. The molecule has 0 N–H and O–H groups in total. The molecule has 0 radical (unpaired) electrons. The summed E-state index contributed by atoms with van der Waals surface area (Å²) in [7, 11) is 0. The van der Waals surface area contributed by atoms with Gasteiger partial charge in [0, 0.05) is 11.1 Å². The molecule has 1 aromatic heterocycles. The molecule has 14 heavy (non-hydrogen) atoms. The number of hydrogen-bond acceptors (Lipinski definition) is 3. The van der Waals surface area contributed by atoms with Crippen LogP contribution in [0.4, 0.5) is 0 Å². The van der Waals surface area contributed by atoms with Crippen LogP contribution in [0.5, 0.6) is 0 Å². The van der Waals surface area contributed by atoms with Gasteiger partial charge in [-0.1, -0.05) is 24.3 Å². The summed E-state index contributed by atoms with van der Waals surface area (Å²) in [6, 6.07) is 9.23. The fourth-order valence-corrected chi connectivity index (χ4v) is 1.31. The van der Waals surface area contributed by atoms with Crippen molar-refractivity contribution in [1.29, 1.82) is 0 Å². The molecule has 0 amide bonds. The zero-order valence-corrected chi connectivity index (χ0v) is 7.42. The van der Waals surface area contributed by atoms with Crippen molar-refractivity contribution in [2.24, 2.45) is 0 Å². The highest BCUT2D eigenvalue weighted by Crippen LogP contribution is 2.20. The lowest BCUT2D eigenvalue weighted by molar-refractivity contribution is 0.112. The lowest BCUT2D eigenvalue weighted by Crippen LogP contribution is -1.88. The summed E-state index contributed by atoms with van der Waals surface area (Å²) in [5.74, 6) is 0. The molecule has 0 unspecified atom stereocenters. The number of aldehydes is 1. The Labute approximate surface area is 81.4 Å². The second kappa shape index (κ2) is 3.79. The quantitative estimate of drug-likeness (QED) is 0.670. The first kappa shape index (κ1) is 8.56. The molecular formula is C11H8N2O. The van der Waals surface area contributed by atoms with Gasteiger partial charge in [0.25, 0.3) is 0 Å². The van der Waals surface area contributed by atoms with Gasteiger partial charge in [0.2, 0.25) is 0 Å². The Bertz CT molecular complexity index is 440. The Hall–Kier alpha value is -2.03. The number of rotatable bonds is 2. The van der Waals surface area contributed by atoms with Gasteiger partial charge >= 0.3 is 0 Å². The van der Waals surface area contributed by atoms with E-state index in [9.17, 15) is 4.79 Å². The molecule has 3 heteroatoms. The fourth-order valence-electron chi connectivity index (χ4n) is 1.31. The Morgan fingerprint density at radius 1 is 1.07 bits per heavy atom. The minimum Gasteiger partial charge on any atom is -0.298 e. The SMILES string of the molecule is O=Cc1ccccc1-c1ccnnc1. The molecule has 0 aliphatic heterocycles. The van der Waals surface area contributed by atoms with Gasteiger partial charge in [0.15, 0.2) is 6.29 Å². The molecule has 0 aliphatic rings. The third kappa shape index (κ3) is 1.52. The van der Waals surface area contributed by atoms with Crippen molar-refractivity contribution < 1.29 is 4.79 Å². The van der Waals surface area contributed by atoms with Gasteiger partial charge in [-0.3, -0.25) is 4.79 Å². The van der Waals surface area contributed by atoms with Gasteiger partial charge in [-0.2, -0.15) is 10.2 Å². The highest BCUT2D eigenvalue weighted by molar-refractivity contribution is 5.87. The minimum atomic E-state index is 0.667. The molecule has 0 aliphatic carbocycles. The number of aromatic nitrogens is 2. The van der Waals surface area contributed by atoms with Crippen LogP contribution in [0.1, 0.15) is 10.4 Å². The second-order valence-electron chi connectivity index (χ2n) is 2.84. The van der Waals surface area contributed by atoms with E-state index < -0.39 is 0 Å². The highest BCUT2D eigenvalue weighted by Gasteiger charge is 2.02. The van der Waals surface area contributed by atoms with Gasteiger partial charge in [-0.05, 0) is 11.6 Å². The molecule has 0 saturated heterocycles. The number of nitrogens with zero attached hydrogens (tertiary/aromatic N) is 2. The molecule has 2 rings (SSSR count). The highest BCUT2D eigenvalue weighted by atomic mass is 16.1. The van der Waals surface area contributed by atoms with Gasteiger partial charge in [0.05, 0.1) is 12.4 Å². The molecule has 0 fully saturated rings. The standard InChI is InChI=1S/C11H8N2O/c14-8-10-3-1-2-4-11(10)9-5-6-12-13-7-9/h1-8H. The van der Waals surface area contributed by atoms with E-state index in [2.05, 4.69) is 10.2 Å². The van der Waals surface area contributed by atoms with Crippen LogP contribution in [0.25, 0.3) is 11.1 Å². The van der Waals surface area contributed by atoms with E-state index in [-0.39, 0.29) is 0 Å². The van der Waals surface area contributed by atoms with Crippen molar-refractivity contribution in [1.82, 2.24) is 10.2 Å². The van der Waals surface area contributed by atoms with Crippen LogP contribution in [-0.4, -0.2) is 16.5 Å². The third-order valence-corrected chi connectivity index (χ3v) is 1.98. The first-order chi connectivity index (χ1) is 6.92. The van der Waals surface area contributed by atoms with Crippen LogP contribution in [0.15, 0.2) is 42.7 Å². The minimum absolute atomic E-state index is 0.667. The van der Waals surface area contributed by atoms with Crippen molar-refractivity contribution in [2.75, 3.05) is 0 Å². The smallest absolute Gasteiger partial charge is 0.150 e. The number of carbonyl (C=O) groups excluding carboxylic acids is 1. The van der Waals surface area contributed by atoms with Crippen molar-refractivity contribution in [3.05, 3.63) is 48.3 Å². The Morgan fingerprint density at radius 3 is 2.64 bits per heavy atom. The summed E-state index contributed by atoms with van der Waals surface area (Å²) in [6.07, 6.45) is 4.09. The zero-order chi connectivity index (χ0) is 9.80. The van der Waals surface area contributed by atoms with Crippen molar-refractivity contribution in [2.45, 2.75) is 0 Å². The Balaban J connectivity index is 2.57. The normalized spacial score (nSPS) is 9.71. The topological polar surface area (TPSA) is 42.9 Å². The molecule has 0 saturated carbocycles. The first-order valence-corrected chi connectivity index (χ1v) is 4.23. The first-order valence-electron chi connectivity index (χ1n) is 4.23. The molecule has 0 bridgehead atoms. The number of hydrogen-bond donors (Lipinski definition) is 0. The summed E-state index contributed by atoms with van der Waals surface area (Å²) in [5.41, 5.74) is 2.46. The lowest BCUT2D eigenvalue weighted by atomic mass is 10.0. The Kier molecular flexibility index (Phi) is 2.32. The molecule has 2 aromatic rings. The van der Waals surface area contributed by atoms with Gasteiger partial charge in [-0.15, -0.1) is 0 Å². The number of benzene rings is 1. The van der Waals surface area contributed by atoms with Crippen molar-refractivity contribution >= 4 is 6.29 Å². The molecule has 3 nitrogen and oxygen atoms in total. The van der Waals surface area contributed by atoms with Crippen molar-refractivity contribution in [3.63, 3.8) is 0 Å². The van der Waals surface area contributed by atoms with Crippen LogP contribution in [0.3, 0.4) is 0 Å². The summed E-state index contributed by atoms with van der Waals surface area (Å²) in [5, 5.41) is 7.46. The van der Waals surface area contributed by atoms with Gasteiger partial charge in [0.1, 0.15) is 0 Å². The fraction of sp³-hybridized carbons (Fsp3) is 0. The molecule has 1 heterocycles. The molecule has 1 aromatic carbocycles. The summed E-state index contributed by atoms with van der Waals surface area (Å²) >= 11 is 0. The molecular weight excluding hydrogens is 176 g/mol. The number of carbonyl (C=O) groups is 1. The molecule has 0 atom stereocenters. The molecule has 0 spiro atoms. The third-order valence-electron chi connectivity index (χ3n) is 1.98. The second-order valence-corrected chi connectivity index (χ2v) is 2.84. The predicted molar refractivity (Wildman–Crippen MR) is 52.9 cm³/mol. The zero-order valence-electron chi connectivity index (χ0n) is 7.42. The maximum Gasteiger partial charge on any atom is 0.150 e. The van der Waals surface area contributed by atoms with E-state index in [4.69, 9.17) is 0 Å². The molecule has 68 valence electrons. The largest absolute Gasteiger partial charge is 0.298 e. The summed E-state index contributed by atoms with van der Waals surface area (Å²) in [6.45, 7) is 0. The van der Waals surface area contributed by atoms with E-state index in [1.165, 1.54) is 0 Å². The maximum atomic E-state index is 10.8. The van der Waals surface area contributed by atoms with Crippen LogP contribution < -0.4 is 0 Å². The average molecular weight is 184 g/mol. The van der Waals surface area contributed by atoms with Gasteiger partial charge < -0.3 is 0 Å². The Morgan fingerprint density at radius 2 is 1.93 bits per heavy atom. The maximum absolute atomic E-state index is 10.8. The van der Waals surface area contributed by atoms with Crippen LogP contribution >= 0.6 is 0 Å². The van der Waals surface area contributed by atoms with E-state index >= 15 is 0 Å². The van der Waals surface area contributed by atoms with Crippen molar-refractivity contribution in [3.8, 4) is 11.1 Å². The van der Waals surface area contributed by atoms with E-state index in [1.807, 2.05) is 24.3 Å².